The molecule has 0 unspecified atom stereocenters. The van der Waals surface area contributed by atoms with Crippen molar-refractivity contribution in [3.63, 3.8) is 0 Å². The predicted molar refractivity (Wildman–Crippen MR) is 73.7 cm³/mol. The summed E-state index contributed by atoms with van der Waals surface area (Å²) >= 11 is 0. The lowest BCUT2D eigenvalue weighted by Gasteiger charge is -2.04. The number of halogens is 1. The van der Waals surface area contributed by atoms with Crippen molar-refractivity contribution < 1.29 is 13.9 Å². The normalized spacial score (nSPS) is 10.5. The van der Waals surface area contributed by atoms with Crippen LogP contribution in [0.25, 0.3) is 11.0 Å². The number of nitrogens with zero attached hydrogens (tertiary/aromatic N) is 1. The van der Waals surface area contributed by atoms with Gasteiger partial charge in [0.1, 0.15) is 18.2 Å². The number of methoxy groups -OCH3 is 1. The molecular weight excluding hydrogens is 263 g/mol. The van der Waals surface area contributed by atoms with Gasteiger partial charge in [0, 0.05) is 25.6 Å². The molecule has 0 saturated carbocycles. The van der Waals surface area contributed by atoms with E-state index in [0.29, 0.717) is 13.0 Å². The van der Waals surface area contributed by atoms with Gasteiger partial charge < -0.3 is 20.4 Å². The molecule has 7 heteroatoms. The van der Waals surface area contributed by atoms with Crippen molar-refractivity contribution in [3.05, 3.63) is 24.0 Å². The highest BCUT2D eigenvalue weighted by atomic mass is 19.1. The summed E-state index contributed by atoms with van der Waals surface area (Å²) in [6.45, 7) is -0.121. The van der Waals surface area contributed by atoms with E-state index in [0.717, 1.165) is 22.6 Å². The molecule has 0 aliphatic rings. The van der Waals surface area contributed by atoms with Gasteiger partial charge in [0.25, 0.3) is 0 Å². The molecule has 20 heavy (non-hydrogen) atoms. The highest BCUT2D eigenvalue weighted by Gasteiger charge is 2.05. The van der Waals surface area contributed by atoms with E-state index in [1.165, 1.54) is 0 Å². The zero-order chi connectivity index (χ0) is 14.4. The second kappa shape index (κ2) is 6.74. The molecule has 0 radical (unpaired) electrons. The van der Waals surface area contributed by atoms with Crippen molar-refractivity contribution in [1.29, 1.82) is 0 Å². The van der Waals surface area contributed by atoms with Crippen molar-refractivity contribution in [1.82, 2.24) is 20.6 Å². The van der Waals surface area contributed by atoms with Crippen LogP contribution in [-0.2, 0) is 6.42 Å². The number of alkyl halides is 1. The summed E-state index contributed by atoms with van der Waals surface area (Å²) in [7, 11) is 1.61. The molecule has 0 fully saturated rings. The monoisotopic (exact) mass is 280 g/mol. The lowest BCUT2D eigenvalue weighted by Crippen LogP contribution is -2.37. The van der Waals surface area contributed by atoms with Crippen LogP contribution < -0.4 is 15.4 Å². The highest BCUT2D eigenvalue weighted by Crippen LogP contribution is 2.18. The number of urea groups is 1. The molecule has 0 atom stereocenters. The Morgan fingerprint density at radius 3 is 2.95 bits per heavy atom. The summed E-state index contributed by atoms with van der Waals surface area (Å²) < 4.78 is 17.0. The number of hydrogen-bond donors (Lipinski definition) is 3. The Morgan fingerprint density at radius 1 is 1.40 bits per heavy atom. The van der Waals surface area contributed by atoms with Crippen molar-refractivity contribution in [3.8, 4) is 5.75 Å². The number of imidazole rings is 1. The fraction of sp³-hybridized carbons (Fsp3) is 0.385. The summed E-state index contributed by atoms with van der Waals surface area (Å²) in [5.41, 5.74) is 1.74. The quantitative estimate of drug-likeness (QED) is 0.748. The summed E-state index contributed by atoms with van der Waals surface area (Å²) in [6.07, 6.45) is 0.569. The summed E-state index contributed by atoms with van der Waals surface area (Å²) in [5, 5.41) is 5.02. The fourth-order valence-corrected chi connectivity index (χ4v) is 1.80. The first-order valence-electron chi connectivity index (χ1n) is 6.33. The molecule has 2 amide bonds. The van der Waals surface area contributed by atoms with Crippen LogP contribution in [0.1, 0.15) is 5.82 Å². The van der Waals surface area contributed by atoms with Gasteiger partial charge in [0.15, 0.2) is 0 Å². The van der Waals surface area contributed by atoms with Gasteiger partial charge in [0.2, 0.25) is 0 Å². The molecule has 0 spiro atoms. The minimum absolute atomic E-state index is 0.0241. The Labute approximate surface area is 115 Å². The van der Waals surface area contributed by atoms with E-state index in [4.69, 9.17) is 4.74 Å². The summed E-state index contributed by atoms with van der Waals surface area (Å²) in [4.78, 5) is 18.8. The van der Waals surface area contributed by atoms with E-state index < -0.39 is 6.67 Å². The van der Waals surface area contributed by atoms with E-state index in [1.807, 2.05) is 18.2 Å². The number of benzene rings is 1. The number of hydrogen-bond acceptors (Lipinski definition) is 3. The number of carbonyl (C=O) groups is 1. The largest absolute Gasteiger partial charge is 0.497 e. The van der Waals surface area contributed by atoms with Crippen LogP contribution >= 0.6 is 0 Å². The lowest BCUT2D eigenvalue weighted by atomic mass is 10.3. The lowest BCUT2D eigenvalue weighted by molar-refractivity contribution is 0.240. The number of amides is 2. The second-order valence-corrected chi connectivity index (χ2v) is 4.19. The van der Waals surface area contributed by atoms with E-state index in [2.05, 4.69) is 20.6 Å². The zero-order valence-electron chi connectivity index (χ0n) is 11.2. The number of rotatable bonds is 6. The molecule has 0 aliphatic heterocycles. The zero-order valence-corrected chi connectivity index (χ0v) is 11.2. The van der Waals surface area contributed by atoms with Gasteiger partial charge in [-0.2, -0.15) is 0 Å². The maximum Gasteiger partial charge on any atom is 0.314 e. The molecule has 2 rings (SSSR count). The van der Waals surface area contributed by atoms with Crippen molar-refractivity contribution in [2.24, 2.45) is 0 Å². The number of aromatic amines is 1. The predicted octanol–water partition coefficient (Wildman–Crippen LogP) is 1.38. The number of carbonyl (C=O) groups excluding carboxylic acids is 1. The molecule has 0 bridgehead atoms. The van der Waals surface area contributed by atoms with Crippen LogP contribution in [0.4, 0.5) is 9.18 Å². The van der Waals surface area contributed by atoms with E-state index >= 15 is 0 Å². The molecule has 0 aliphatic carbocycles. The fourth-order valence-electron chi connectivity index (χ4n) is 1.80. The van der Waals surface area contributed by atoms with Gasteiger partial charge in [-0.15, -0.1) is 0 Å². The standard InChI is InChI=1S/C13H17FN4O2/c1-20-9-2-3-10-11(8-9)18-12(17-10)4-6-15-13(19)16-7-5-14/h2-3,8H,4-7H2,1H3,(H,17,18)(H2,15,16,19). The SMILES string of the molecule is COc1ccc2nc(CCNC(=O)NCCF)[nH]c2c1. The minimum Gasteiger partial charge on any atom is -0.497 e. The molecule has 3 N–H and O–H groups in total. The Kier molecular flexibility index (Phi) is 4.75. The smallest absolute Gasteiger partial charge is 0.314 e. The third-order valence-corrected chi connectivity index (χ3v) is 2.77. The van der Waals surface area contributed by atoms with Gasteiger partial charge in [0.05, 0.1) is 18.1 Å². The molecule has 2 aromatic rings. The number of ether oxygens (including phenoxy) is 1. The first-order chi connectivity index (χ1) is 9.72. The molecule has 1 aromatic carbocycles. The number of aromatic nitrogens is 2. The molecule has 1 heterocycles. The molecule has 1 aromatic heterocycles. The van der Waals surface area contributed by atoms with Crippen LogP contribution in [0.15, 0.2) is 18.2 Å². The average Bonchev–Trinajstić information content (AvgIpc) is 2.86. The number of nitrogens with one attached hydrogen (secondary N) is 3. The van der Waals surface area contributed by atoms with Gasteiger partial charge in [-0.3, -0.25) is 0 Å². The van der Waals surface area contributed by atoms with E-state index in [-0.39, 0.29) is 12.6 Å². The van der Waals surface area contributed by atoms with Crippen molar-refractivity contribution >= 4 is 17.1 Å². The van der Waals surface area contributed by atoms with Gasteiger partial charge in [-0.05, 0) is 12.1 Å². The van der Waals surface area contributed by atoms with Gasteiger partial charge in [-0.25, -0.2) is 14.2 Å². The number of H-pyrrole nitrogens is 1. The second-order valence-electron chi connectivity index (χ2n) is 4.19. The van der Waals surface area contributed by atoms with Crippen molar-refractivity contribution in [2.75, 3.05) is 26.9 Å². The van der Waals surface area contributed by atoms with Gasteiger partial charge in [-0.1, -0.05) is 0 Å². The highest BCUT2D eigenvalue weighted by molar-refractivity contribution is 5.77. The Balaban J connectivity index is 1.88. The molecular formula is C13H17FN4O2. The first kappa shape index (κ1) is 14.1. The Hall–Kier alpha value is -2.31. The maximum absolute atomic E-state index is 11.9. The molecule has 108 valence electrons. The first-order valence-corrected chi connectivity index (χ1v) is 6.33. The summed E-state index contributed by atoms with van der Waals surface area (Å²) in [5.74, 6) is 1.54. The van der Waals surface area contributed by atoms with E-state index in [9.17, 15) is 9.18 Å². The van der Waals surface area contributed by atoms with Crippen LogP contribution in [0.3, 0.4) is 0 Å². The Morgan fingerprint density at radius 2 is 2.20 bits per heavy atom. The minimum atomic E-state index is -0.571. The number of fused-ring (bicyclic) bond motifs is 1. The van der Waals surface area contributed by atoms with Crippen LogP contribution in [0, 0.1) is 0 Å². The van der Waals surface area contributed by atoms with Crippen LogP contribution in [0.2, 0.25) is 0 Å². The Bertz CT molecular complexity index is 585. The maximum atomic E-state index is 11.9. The van der Waals surface area contributed by atoms with Crippen molar-refractivity contribution in [2.45, 2.75) is 6.42 Å². The molecule has 0 saturated heterocycles. The van der Waals surface area contributed by atoms with Crippen LogP contribution in [0.5, 0.6) is 5.75 Å². The average molecular weight is 280 g/mol. The van der Waals surface area contributed by atoms with E-state index in [1.54, 1.807) is 7.11 Å². The molecule has 6 nitrogen and oxygen atoms in total. The van der Waals surface area contributed by atoms with Gasteiger partial charge >= 0.3 is 6.03 Å². The third-order valence-electron chi connectivity index (χ3n) is 2.77. The topological polar surface area (TPSA) is 79.0 Å². The summed E-state index contributed by atoms with van der Waals surface area (Å²) in [6, 6.07) is 5.21. The third kappa shape index (κ3) is 3.59. The van der Waals surface area contributed by atoms with Crippen LogP contribution in [-0.4, -0.2) is 42.9 Å².